The van der Waals surface area contributed by atoms with E-state index in [9.17, 15) is 18.0 Å². The second-order valence-corrected chi connectivity index (χ2v) is 12.8. The molecule has 1 N–H and O–H groups in total. The zero-order chi connectivity index (χ0) is 28.4. The van der Waals surface area contributed by atoms with E-state index in [1.807, 2.05) is 30.3 Å². The molecule has 3 aromatic carbocycles. The monoisotopic (exact) mass is 589 g/mol. The molecule has 1 aliphatic heterocycles. The molecule has 0 fully saturated rings. The van der Waals surface area contributed by atoms with Crippen LogP contribution in [-0.2, 0) is 32.5 Å². The Hall–Kier alpha value is -3.27. The van der Waals surface area contributed by atoms with Crippen molar-refractivity contribution in [1.82, 2.24) is 5.32 Å². The quantitative estimate of drug-likeness (QED) is 0.351. The first-order chi connectivity index (χ1) is 18.3. The Bertz CT molecular complexity index is 1470. The molecule has 11 heteroatoms. The third kappa shape index (κ3) is 7.03. The Morgan fingerprint density at radius 1 is 1.00 bits per heavy atom. The summed E-state index contributed by atoms with van der Waals surface area (Å²) in [7, 11) is -4.27. The Balaban J connectivity index is 1.63. The van der Waals surface area contributed by atoms with Crippen LogP contribution in [0.25, 0.3) is 0 Å². The lowest BCUT2D eigenvalue weighted by Crippen LogP contribution is -2.39. The molecular weight excluding hydrogens is 561 g/mol. The number of amides is 2. The molecule has 0 spiro atoms. The first-order valence-electron chi connectivity index (χ1n) is 12.3. The molecule has 4 rings (SSSR count). The molecule has 0 unspecified atom stereocenters. The number of carbonyl (C=O) groups is 2. The Morgan fingerprint density at radius 2 is 1.67 bits per heavy atom. The van der Waals surface area contributed by atoms with Gasteiger partial charge in [-0.2, -0.15) is 0 Å². The maximum absolute atomic E-state index is 13.8. The standard InChI is InChI=1S/C28H29Cl2N3O5S/c1-28(2,3)38-26(34)18-33(39(36,37)24-15-21(29)14-22(30)16-24)23-9-10-25-20(13-23)11-12-32(25)27(35)31-17-19-7-5-4-6-8-19/h4-10,13-16H,11-12,17-18H2,1-3H3,(H,31,35). The molecule has 8 nitrogen and oxygen atoms in total. The van der Waals surface area contributed by atoms with E-state index in [1.54, 1.807) is 43.9 Å². The van der Waals surface area contributed by atoms with Crippen molar-refractivity contribution in [2.45, 2.75) is 44.2 Å². The van der Waals surface area contributed by atoms with Gasteiger partial charge in [0.2, 0.25) is 0 Å². The average Bonchev–Trinajstić information content (AvgIpc) is 3.28. The van der Waals surface area contributed by atoms with Crippen molar-refractivity contribution in [2.75, 3.05) is 22.3 Å². The van der Waals surface area contributed by atoms with E-state index < -0.39 is 28.1 Å². The first kappa shape index (κ1) is 28.7. The van der Waals surface area contributed by atoms with Crippen LogP contribution in [0.5, 0.6) is 0 Å². The van der Waals surface area contributed by atoms with E-state index >= 15 is 0 Å². The number of urea groups is 1. The number of carbonyl (C=O) groups excluding carboxylic acids is 2. The second kappa shape index (κ2) is 11.5. The van der Waals surface area contributed by atoms with Gasteiger partial charge in [-0.1, -0.05) is 53.5 Å². The summed E-state index contributed by atoms with van der Waals surface area (Å²) in [4.78, 5) is 27.1. The summed E-state index contributed by atoms with van der Waals surface area (Å²) in [5.74, 6) is -0.721. The SMILES string of the molecule is CC(C)(C)OC(=O)CN(c1ccc2c(c1)CCN2C(=O)NCc1ccccc1)S(=O)(=O)c1cc(Cl)cc(Cl)c1. The topological polar surface area (TPSA) is 96.0 Å². The lowest BCUT2D eigenvalue weighted by atomic mass is 10.1. The highest BCUT2D eigenvalue weighted by atomic mass is 35.5. The molecular formula is C28H29Cl2N3O5S. The van der Waals surface area contributed by atoms with Gasteiger partial charge in [0.15, 0.2) is 0 Å². The van der Waals surface area contributed by atoms with Crippen molar-refractivity contribution in [3.05, 3.63) is 87.9 Å². The fourth-order valence-electron chi connectivity index (χ4n) is 4.23. The second-order valence-electron chi connectivity index (χ2n) is 10.1. The summed E-state index contributed by atoms with van der Waals surface area (Å²) in [6, 6.07) is 18.2. The number of anilines is 2. The van der Waals surface area contributed by atoms with Gasteiger partial charge in [-0.25, -0.2) is 13.2 Å². The molecule has 1 heterocycles. The number of hydrogen-bond acceptors (Lipinski definition) is 5. The van der Waals surface area contributed by atoms with Crippen LogP contribution in [0.3, 0.4) is 0 Å². The van der Waals surface area contributed by atoms with Crippen molar-refractivity contribution >= 4 is 56.6 Å². The van der Waals surface area contributed by atoms with Crippen LogP contribution in [0, 0.1) is 0 Å². The number of fused-ring (bicyclic) bond motifs is 1. The van der Waals surface area contributed by atoms with E-state index in [1.165, 1.54) is 18.2 Å². The molecule has 2 amide bonds. The number of nitrogens with zero attached hydrogens (tertiary/aromatic N) is 2. The minimum absolute atomic E-state index is 0.143. The van der Waals surface area contributed by atoms with Crippen molar-refractivity contribution in [1.29, 1.82) is 0 Å². The molecule has 0 aliphatic carbocycles. The van der Waals surface area contributed by atoms with Gasteiger partial charge in [0, 0.05) is 28.8 Å². The summed E-state index contributed by atoms with van der Waals surface area (Å²) in [6.45, 7) is 5.35. The summed E-state index contributed by atoms with van der Waals surface area (Å²) in [6.07, 6.45) is 0.519. The minimum Gasteiger partial charge on any atom is -0.459 e. The third-order valence-electron chi connectivity index (χ3n) is 5.90. The number of nitrogens with one attached hydrogen (secondary N) is 1. The number of halogens is 2. The number of esters is 1. The van der Waals surface area contributed by atoms with Crippen LogP contribution < -0.4 is 14.5 Å². The van der Waals surface area contributed by atoms with Gasteiger partial charge in [-0.15, -0.1) is 0 Å². The van der Waals surface area contributed by atoms with Gasteiger partial charge in [0.05, 0.1) is 10.6 Å². The molecule has 39 heavy (non-hydrogen) atoms. The normalized spacial score (nSPS) is 13.1. The Labute approximate surface area is 238 Å². The maximum Gasteiger partial charge on any atom is 0.327 e. The van der Waals surface area contributed by atoms with Gasteiger partial charge in [0.1, 0.15) is 12.1 Å². The molecule has 206 valence electrons. The van der Waals surface area contributed by atoms with E-state index in [0.29, 0.717) is 25.2 Å². The number of benzene rings is 3. The molecule has 1 aliphatic rings. The van der Waals surface area contributed by atoms with Gasteiger partial charge >= 0.3 is 12.0 Å². The predicted octanol–water partition coefficient (Wildman–Crippen LogP) is 5.80. The highest BCUT2D eigenvalue weighted by molar-refractivity contribution is 7.92. The van der Waals surface area contributed by atoms with Crippen LogP contribution in [-0.4, -0.2) is 39.1 Å². The predicted molar refractivity (Wildman–Crippen MR) is 153 cm³/mol. The summed E-state index contributed by atoms with van der Waals surface area (Å²) < 4.78 is 33.9. The molecule has 0 atom stereocenters. The zero-order valence-electron chi connectivity index (χ0n) is 21.8. The van der Waals surface area contributed by atoms with Crippen molar-refractivity contribution in [3.8, 4) is 0 Å². The molecule has 0 radical (unpaired) electrons. The van der Waals surface area contributed by atoms with E-state index in [-0.39, 0.29) is 26.7 Å². The number of rotatable bonds is 7. The average molecular weight is 591 g/mol. The first-order valence-corrected chi connectivity index (χ1v) is 14.5. The van der Waals surface area contributed by atoms with Crippen LogP contribution in [0.2, 0.25) is 10.0 Å². The molecule has 0 saturated heterocycles. The smallest absolute Gasteiger partial charge is 0.327 e. The van der Waals surface area contributed by atoms with Crippen LogP contribution in [0.15, 0.2) is 71.6 Å². The third-order valence-corrected chi connectivity index (χ3v) is 8.08. The van der Waals surface area contributed by atoms with Crippen molar-refractivity contribution < 1.29 is 22.7 Å². The van der Waals surface area contributed by atoms with Gasteiger partial charge in [0.25, 0.3) is 10.0 Å². The van der Waals surface area contributed by atoms with E-state index in [4.69, 9.17) is 27.9 Å². The highest BCUT2D eigenvalue weighted by Gasteiger charge is 2.32. The van der Waals surface area contributed by atoms with Crippen LogP contribution >= 0.6 is 23.2 Å². The summed E-state index contributed by atoms with van der Waals surface area (Å²) >= 11 is 12.2. The molecule has 3 aromatic rings. The Kier molecular flexibility index (Phi) is 8.44. The lowest BCUT2D eigenvalue weighted by molar-refractivity contribution is -0.152. The van der Waals surface area contributed by atoms with E-state index in [2.05, 4.69) is 5.32 Å². The maximum atomic E-state index is 13.8. The van der Waals surface area contributed by atoms with Gasteiger partial charge < -0.3 is 10.1 Å². The van der Waals surface area contributed by atoms with Crippen molar-refractivity contribution in [3.63, 3.8) is 0 Å². The molecule has 0 aromatic heterocycles. The number of hydrogen-bond donors (Lipinski definition) is 1. The highest BCUT2D eigenvalue weighted by Crippen LogP contribution is 2.35. The van der Waals surface area contributed by atoms with Crippen LogP contribution in [0.4, 0.5) is 16.2 Å². The number of sulfonamides is 1. The van der Waals surface area contributed by atoms with E-state index in [0.717, 1.165) is 15.4 Å². The molecule has 0 bridgehead atoms. The lowest BCUT2D eigenvalue weighted by Gasteiger charge is -2.27. The minimum atomic E-state index is -4.27. The van der Waals surface area contributed by atoms with Crippen LogP contribution in [0.1, 0.15) is 31.9 Å². The molecule has 0 saturated carbocycles. The summed E-state index contributed by atoms with van der Waals surface area (Å²) in [5, 5.41) is 3.20. The fourth-order valence-corrected chi connectivity index (χ4v) is 6.36. The summed E-state index contributed by atoms with van der Waals surface area (Å²) in [5.41, 5.74) is 1.87. The largest absolute Gasteiger partial charge is 0.459 e. The number of ether oxygens (including phenoxy) is 1. The van der Waals surface area contributed by atoms with Gasteiger partial charge in [-0.3, -0.25) is 14.0 Å². The Morgan fingerprint density at radius 3 is 2.31 bits per heavy atom. The fraction of sp³-hybridized carbons (Fsp3) is 0.286. The van der Waals surface area contributed by atoms with Gasteiger partial charge in [-0.05, 0) is 74.7 Å². The zero-order valence-corrected chi connectivity index (χ0v) is 24.1. The van der Waals surface area contributed by atoms with Crippen molar-refractivity contribution in [2.24, 2.45) is 0 Å².